The second kappa shape index (κ2) is 11.3. The van der Waals surface area contributed by atoms with Gasteiger partial charge in [-0.2, -0.15) is 11.8 Å². The van der Waals surface area contributed by atoms with Crippen LogP contribution in [0, 0.1) is 0 Å². The third-order valence-electron chi connectivity index (χ3n) is 3.47. The molecule has 1 amide bonds. The topological polar surface area (TPSA) is 72.2 Å². The van der Waals surface area contributed by atoms with Crippen LogP contribution in [0.3, 0.4) is 0 Å². The zero-order chi connectivity index (χ0) is 17.4. The minimum atomic E-state index is -1.11. The molecule has 4 nitrogen and oxygen atoms in total. The molecule has 136 valence electrons. The van der Waals surface area contributed by atoms with Gasteiger partial charge in [-0.05, 0) is 48.3 Å². The monoisotopic (exact) mass is 398 g/mol. The summed E-state index contributed by atoms with van der Waals surface area (Å²) in [5, 5.41) is 2.83. The van der Waals surface area contributed by atoms with E-state index in [0.717, 1.165) is 16.2 Å². The van der Waals surface area contributed by atoms with Crippen molar-refractivity contribution in [3.8, 4) is 0 Å². The summed E-state index contributed by atoms with van der Waals surface area (Å²) in [4.78, 5) is 12.9. The molecule has 25 heavy (non-hydrogen) atoms. The second-order valence-electron chi connectivity index (χ2n) is 5.38. The predicted octanol–water partition coefficient (Wildman–Crippen LogP) is 3.44. The molecule has 2 rings (SSSR count). The van der Waals surface area contributed by atoms with Crippen LogP contribution >= 0.6 is 24.2 Å². The molecule has 0 bridgehead atoms. The van der Waals surface area contributed by atoms with Crippen LogP contribution in [0.15, 0.2) is 59.5 Å². The lowest BCUT2D eigenvalue weighted by Crippen LogP contribution is -2.36. The predicted molar refractivity (Wildman–Crippen MR) is 110 cm³/mol. The van der Waals surface area contributed by atoms with Crippen LogP contribution in [0.2, 0.25) is 0 Å². The normalized spacial score (nSPS) is 12.7. The number of carbonyl (C=O) groups is 1. The number of hydrogen-bond acceptors (Lipinski definition) is 4. The molecular weight excluding hydrogens is 376 g/mol. The number of amides is 1. The molecule has 0 aliphatic heterocycles. The van der Waals surface area contributed by atoms with Crippen LogP contribution in [-0.4, -0.2) is 28.2 Å². The fourth-order valence-electron chi connectivity index (χ4n) is 2.16. The Hall–Kier alpha value is -1.34. The summed E-state index contributed by atoms with van der Waals surface area (Å²) in [6.45, 7) is 0. The highest BCUT2D eigenvalue weighted by Crippen LogP contribution is 2.16. The van der Waals surface area contributed by atoms with Gasteiger partial charge in [-0.1, -0.05) is 30.3 Å². The number of nitrogens with two attached hydrogens (primary N) is 1. The molecule has 0 saturated carbocycles. The number of rotatable bonds is 8. The number of halogens is 1. The van der Waals surface area contributed by atoms with E-state index in [0.29, 0.717) is 17.9 Å². The number of nitrogens with one attached hydrogen (secondary N) is 1. The van der Waals surface area contributed by atoms with E-state index in [2.05, 4.69) is 5.32 Å². The first-order chi connectivity index (χ1) is 11.6. The van der Waals surface area contributed by atoms with E-state index in [-0.39, 0.29) is 18.3 Å². The molecule has 2 aromatic carbocycles. The van der Waals surface area contributed by atoms with E-state index in [1.165, 1.54) is 0 Å². The smallest absolute Gasteiger partial charge is 0.241 e. The van der Waals surface area contributed by atoms with Crippen molar-refractivity contribution in [2.24, 2.45) is 5.73 Å². The lowest BCUT2D eigenvalue weighted by Gasteiger charge is -2.12. The summed E-state index contributed by atoms with van der Waals surface area (Å²) in [7, 11) is -1.11. The Morgan fingerprint density at radius 3 is 2.60 bits per heavy atom. The minimum absolute atomic E-state index is 0. The summed E-state index contributed by atoms with van der Waals surface area (Å²) in [5.74, 6) is 1.07. The van der Waals surface area contributed by atoms with Crippen molar-refractivity contribution < 1.29 is 9.00 Å². The van der Waals surface area contributed by atoms with Gasteiger partial charge < -0.3 is 11.1 Å². The van der Waals surface area contributed by atoms with Gasteiger partial charge in [0.2, 0.25) is 5.91 Å². The van der Waals surface area contributed by atoms with E-state index < -0.39 is 16.8 Å². The zero-order valence-electron chi connectivity index (χ0n) is 14.0. The van der Waals surface area contributed by atoms with Gasteiger partial charge in [0.15, 0.2) is 0 Å². The third kappa shape index (κ3) is 7.20. The Labute approximate surface area is 161 Å². The zero-order valence-corrected chi connectivity index (χ0v) is 16.5. The summed E-state index contributed by atoms with van der Waals surface area (Å²) >= 11 is 1.67. The summed E-state index contributed by atoms with van der Waals surface area (Å²) in [5.41, 5.74) is 7.46. The number of carbonyl (C=O) groups excluding carboxylic acids is 1. The lowest BCUT2D eigenvalue weighted by molar-refractivity contribution is -0.117. The minimum Gasteiger partial charge on any atom is -0.325 e. The van der Waals surface area contributed by atoms with Crippen molar-refractivity contribution in [1.29, 1.82) is 0 Å². The maximum absolute atomic E-state index is 12.4. The van der Waals surface area contributed by atoms with Gasteiger partial charge in [-0.15, -0.1) is 12.4 Å². The van der Waals surface area contributed by atoms with Crippen LogP contribution in [-0.2, 0) is 21.3 Å². The first-order valence-corrected chi connectivity index (χ1v) is 10.4. The number of benzene rings is 2. The van der Waals surface area contributed by atoms with Crippen molar-refractivity contribution in [2.75, 3.05) is 17.3 Å². The molecule has 0 saturated heterocycles. The quantitative estimate of drug-likeness (QED) is 0.714. The highest BCUT2D eigenvalue weighted by Gasteiger charge is 2.13. The molecule has 2 aromatic rings. The van der Waals surface area contributed by atoms with E-state index in [1.54, 1.807) is 11.8 Å². The average molecular weight is 399 g/mol. The molecule has 0 aliphatic rings. The SMILES string of the molecule is CSCC[C@H](N)C(=O)Nc1cccc(CS(=O)c2ccccc2)c1.Cl. The van der Waals surface area contributed by atoms with E-state index in [9.17, 15) is 9.00 Å². The summed E-state index contributed by atoms with van der Waals surface area (Å²) in [6, 6.07) is 16.3. The van der Waals surface area contributed by atoms with Gasteiger partial charge >= 0.3 is 0 Å². The first-order valence-electron chi connectivity index (χ1n) is 7.68. The van der Waals surface area contributed by atoms with Gasteiger partial charge in [-0.3, -0.25) is 9.00 Å². The van der Waals surface area contributed by atoms with Crippen molar-refractivity contribution >= 4 is 46.6 Å². The molecule has 3 N–H and O–H groups in total. The van der Waals surface area contributed by atoms with Crippen molar-refractivity contribution in [1.82, 2.24) is 0 Å². The van der Waals surface area contributed by atoms with Crippen molar-refractivity contribution in [3.63, 3.8) is 0 Å². The van der Waals surface area contributed by atoms with E-state index in [4.69, 9.17) is 5.73 Å². The van der Waals surface area contributed by atoms with E-state index >= 15 is 0 Å². The molecule has 0 heterocycles. The molecule has 0 aliphatic carbocycles. The van der Waals surface area contributed by atoms with Crippen LogP contribution in [0.1, 0.15) is 12.0 Å². The first kappa shape index (κ1) is 21.7. The number of hydrogen-bond donors (Lipinski definition) is 2. The highest BCUT2D eigenvalue weighted by atomic mass is 35.5. The third-order valence-corrected chi connectivity index (χ3v) is 5.51. The van der Waals surface area contributed by atoms with Crippen LogP contribution in [0.25, 0.3) is 0 Å². The molecule has 0 radical (unpaired) electrons. The van der Waals surface area contributed by atoms with Gasteiger partial charge in [0.25, 0.3) is 0 Å². The van der Waals surface area contributed by atoms with Crippen molar-refractivity contribution in [2.45, 2.75) is 23.1 Å². The van der Waals surface area contributed by atoms with Gasteiger partial charge in [0.1, 0.15) is 0 Å². The number of anilines is 1. The fraction of sp³-hybridized carbons (Fsp3) is 0.278. The van der Waals surface area contributed by atoms with Crippen LogP contribution in [0.5, 0.6) is 0 Å². The van der Waals surface area contributed by atoms with Crippen molar-refractivity contribution in [3.05, 3.63) is 60.2 Å². The molecule has 1 unspecified atom stereocenters. The molecule has 7 heteroatoms. The van der Waals surface area contributed by atoms with Gasteiger partial charge in [0.05, 0.1) is 22.6 Å². The Balaban J connectivity index is 0.00000312. The summed E-state index contributed by atoms with van der Waals surface area (Å²) < 4.78 is 12.4. The Morgan fingerprint density at radius 2 is 1.92 bits per heavy atom. The largest absolute Gasteiger partial charge is 0.325 e. The summed E-state index contributed by atoms with van der Waals surface area (Å²) in [6.07, 6.45) is 2.63. The fourth-order valence-corrected chi connectivity index (χ4v) is 3.76. The number of thioether (sulfide) groups is 1. The Kier molecular flexibility index (Phi) is 9.82. The van der Waals surface area contributed by atoms with Gasteiger partial charge in [-0.25, -0.2) is 0 Å². The standard InChI is InChI=1S/C18H22N2O2S2.ClH/c1-23-11-10-17(19)18(21)20-15-7-5-6-14(12-15)13-24(22)16-8-3-2-4-9-16;/h2-9,12,17H,10-11,13,19H2,1H3,(H,20,21);1H/t17-,24?;/m0./s1. The molecular formula is C18H23ClN2O2S2. The molecule has 0 fully saturated rings. The lowest BCUT2D eigenvalue weighted by atomic mass is 10.2. The van der Waals surface area contributed by atoms with E-state index in [1.807, 2.05) is 60.9 Å². The Morgan fingerprint density at radius 1 is 1.20 bits per heavy atom. The van der Waals surface area contributed by atoms with Gasteiger partial charge in [0, 0.05) is 10.6 Å². The van der Waals surface area contributed by atoms with Crippen LogP contribution < -0.4 is 11.1 Å². The molecule has 0 spiro atoms. The molecule has 0 aromatic heterocycles. The second-order valence-corrected chi connectivity index (χ2v) is 7.82. The maximum atomic E-state index is 12.4. The average Bonchev–Trinajstić information content (AvgIpc) is 2.60. The Bertz CT molecular complexity index is 698. The van der Waals surface area contributed by atoms with Crippen LogP contribution in [0.4, 0.5) is 5.69 Å². The molecule has 2 atom stereocenters. The highest BCUT2D eigenvalue weighted by molar-refractivity contribution is 7.98. The maximum Gasteiger partial charge on any atom is 0.241 e.